The number of carbonyl (C=O) groups is 2. The third-order valence-electron chi connectivity index (χ3n) is 4.73. The van der Waals surface area contributed by atoms with E-state index < -0.39 is 0 Å². The van der Waals surface area contributed by atoms with Crippen LogP contribution in [0.15, 0.2) is 18.2 Å². The number of nitrogens with two attached hydrogens (primary N) is 1. The Labute approximate surface area is 160 Å². The topological polar surface area (TPSA) is 75.4 Å². The van der Waals surface area contributed by atoms with E-state index in [9.17, 15) is 14.0 Å². The van der Waals surface area contributed by atoms with E-state index in [0.717, 1.165) is 5.56 Å². The summed E-state index contributed by atoms with van der Waals surface area (Å²) in [6.07, 6.45) is 2.48. The molecule has 5 nitrogen and oxygen atoms in total. The maximum atomic E-state index is 13.5. The number of halogens is 2. The molecule has 1 aromatic rings. The van der Waals surface area contributed by atoms with Gasteiger partial charge >= 0.3 is 0 Å². The summed E-state index contributed by atoms with van der Waals surface area (Å²) in [5.41, 5.74) is 7.03. The van der Waals surface area contributed by atoms with Crippen LogP contribution in [0.2, 0.25) is 0 Å². The highest BCUT2D eigenvalue weighted by Crippen LogP contribution is 2.19. The van der Waals surface area contributed by atoms with Crippen LogP contribution in [0.4, 0.5) is 4.39 Å². The Morgan fingerprint density at radius 3 is 2.58 bits per heavy atom. The lowest BCUT2D eigenvalue weighted by atomic mass is 9.95. The minimum atomic E-state index is -0.259. The first-order chi connectivity index (χ1) is 11.9. The molecule has 2 amide bonds. The van der Waals surface area contributed by atoms with Crippen molar-refractivity contribution in [2.75, 3.05) is 13.1 Å². The van der Waals surface area contributed by atoms with Crippen molar-refractivity contribution in [2.45, 2.75) is 52.1 Å². The average molecular weight is 386 g/mol. The van der Waals surface area contributed by atoms with E-state index in [-0.39, 0.29) is 42.0 Å². The summed E-state index contributed by atoms with van der Waals surface area (Å²) < 4.78 is 13.5. The first-order valence-corrected chi connectivity index (χ1v) is 8.93. The number of aryl methyl sites for hydroxylation is 1. The van der Waals surface area contributed by atoms with Gasteiger partial charge in [-0.1, -0.05) is 12.1 Å². The molecule has 1 unspecified atom stereocenters. The van der Waals surface area contributed by atoms with E-state index in [1.165, 1.54) is 6.07 Å². The van der Waals surface area contributed by atoms with E-state index in [2.05, 4.69) is 5.32 Å². The summed E-state index contributed by atoms with van der Waals surface area (Å²) in [7, 11) is 0. The van der Waals surface area contributed by atoms with Gasteiger partial charge in [-0.05, 0) is 50.3 Å². The van der Waals surface area contributed by atoms with Crippen molar-refractivity contribution in [1.29, 1.82) is 0 Å². The first kappa shape index (κ1) is 22.4. The molecule has 26 heavy (non-hydrogen) atoms. The van der Waals surface area contributed by atoms with Gasteiger partial charge in [-0.3, -0.25) is 9.59 Å². The number of nitrogens with zero attached hydrogens (tertiary/aromatic N) is 1. The first-order valence-electron chi connectivity index (χ1n) is 8.93. The molecule has 1 aliphatic rings. The zero-order chi connectivity index (χ0) is 18.4. The van der Waals surface area contributed by atoms with Crippen molar-refractivity contribution >= 4 is 24.2 Å². The van der Waals surface area contributed by atoms with Crippen LogP contribution in [-0.2, 0) is 16.1 Å². The number of carbonyl (C=O) groups excluding carboxylic acids is 2. The predicted octanol–water partition coefficient (Wildman–Crippen LogP) is 2.54. The number of amides is 2. The van der Waals surface area contributed by atoms with Crippen LogP contribution in [0.5, 0.6) is 0 Å². The van der Waals surface area contributed by atoms with Gasteiger partial charge in [-0.25, -0.2) is 4.39 Å². The predicted molar refractivity (Wildman–Crippen MR) is 102 cm³/mol. The van der Waals surface area contributed by atoms with Gasteiger partial charge in [-0.2, -0.15) is 0 Å². The van der Waals surface area contributed by atoms with Gasteiger partial charge in [0.2, 0.25) is 11.8 Å². The lowest BCUT2D eigenvalue weighted by Gasteiger charge is -2.31. The quantitative estimate of drug-likeness (QED) is 0.790. The van der Waals surface area contributed by atoms with Crippen molar-refractivity contribution in [3.63, 3.8) is 0 Å². The Hall–Kier alpha value is -1.66. The maximum absolute atomic E-state index is 13.5. The van der Waals surface area contributed by atoms with Gasteiger partial charge in [0, 0.05) is 38.0 Å². The van der Waals surface area contributed by atoms with Gasteiger partial charge in [-0.15, -0.1) is 12.4 Å². The molecule has 1 aromatic carbocycles. The minimum absolute atomic E-state index is 0. The number of hydrogen-bond donors (Lipinski definition) is 2. The van der Waals surface area contributed by atoms with Crippen molar-refractivity contribution in [2.24, 2.45) is 11.7 Å². The third-order valence-corrected chi connectivity index (χ3v) is 4.73. The zero-order valence-corrected chi connectivity index (χ0v) is 16.3. The van der Waals surface area contributed by atoms with Crippen LogP contribution in [0.1, 0.15) is 43.7 Å². The summed E-state index contributed by atoms with van der Waals surface area (Å²) in [5.74, 6) is -0.256. The largest absolute Gasteiger partial charge is 0.352 e. The Balaban J connectivity index is 0.00000338. The Morgan fingerprint density at radius 1 is 1.35 bits per heavy atom. The molecule has 1 saturated heterocycles. The fourth-order valence-electron chi connectivity index (χ4n) is 2.98. The average Bonchev–Trinajstić information content (AvgIpc) is 2.60. The minimum Gasteiger partial charge on any atom is -0.352 e. The maximum Gasteiger partial charge on any atom is 0.223 e. The van der Waals surface area contributed by atoms with Gasteiger partial charge in [0.25, 0.3) is 0 Å². The summed E-state index contributed by atoms with van der Waals surface area (Å²) >= 11 is 0. The molecule has 0 bridgehead atoms. The number of rotatable bonds is 6. The third kappa shape index (κ3) is 6.57. The summed E-state index contributed by atoms with van der Waals surface area (Å²) in [5, 5.41) is 2.87. The van der Waals surface area contributed by atoms with Gasteiger partial charge < -0.3 is 16.0 Å². The highest BCUT2D eigenvalue weighted by atomic mass is 35.5. The lowest BCUT2D eigenvalue weighted by Crippen LogP contribution is -2.43. The lowest BCUT2D eigenvalue weighted by molar-refractivity contribution is -0.135. The van der Waals surface area contributed by atoms with E-state index >= 15 is 0 Å². The molecule has 1 heterocycles. The molecule has 2 rings (SSSR count). The van der Waals surface area contributed by atoms with Gasteiger partial charge in [0.05, 0.1) is 0 Å². The number of likely N-dealkylation sites (tertiary alicyclic amines) is 1. The van der Waals surface area contributed by atoms with Crippen LogP contribution >= 0.6 is 12.4 Å². The van der Waals surface area contributed by atoms with Gasteiger partial charge in [0.15, 0.2) is 0 Å². The van der Waals surface area contributed by atoms with Crippen LogP contribution in [0, 0.1) is 18.7 Å². The van der Waals surface area contributed by atoms with E-state index in [0.29, 0.717) is 50.9 Å². The fourth-order valence-corrected chi connectivity index (χ4v) is 2.98. The van der Waals surface area contributed by atoms with E-state index in [4.69, 9.17) is 5.73 Å². The normalized spacial score (nSPS) is 15.9. The van der Waals surface area contributed by atoms with Crippen molar-refractivity contribution in [3.8, 4) is 0 Å². The van der Waals surface area contributed by atoms with Crippen molar-refractivity contribution in [1.82, 2.24) is 10.2 Å². The SMILES string of the molecule is Cc1ccc(CNC(=O)C2CCN(C(=O)CCC(C)N)CC2)cc1F.Cl. The summed E-state index contributed by atoms with van der Waals surface area (Å²) in [4.78, 5) is 26.2. The molecule has 0 spiro atoms. The van der Waals surface area contributed by atoms with E-state index in [1.54, 1.807) is 13.0 Å². The summed E-state index contributed by atoms with van der Waals surface area (Å²) in [6, 6.07) is 5.01. The number of hydrogen-bond acceptors (Lipinski definition) is 3. The molecule has 7 heteroatoms. The molecule has 0 saturated carbocycles. The molecule has 0 radical (unpaired) electrons. The standard InChI is InChI=1S/C19H28FN3O2.ClH/c1-13-3-5-15(11-17(13)20)12-22-19(25)16-7-9-23(10-8-16)18(24)6-4-14(2)21;/h3,5,11,14,16H,4,6-10,12,21H2,1-2H3,(H,22,25);1H. The molecule has 0 aliphatic carbocycles. The van der Waals surface area contributed by atoms with Crippen LogP contribution in [0.25, 0.3) is 0 Å². The molecule has 1 atom stereocenters. The highest BCUT2D eigenvalue weighted by Gasteiger charge is 2.27. The molecular weight excluding hydrogens is 357 g/mol. The van der Waals surface area contributed by atoms with Crippen molar-refractivity contribution in [3.05, 3.63) is 35.1 Å². The van der Waals surface area contributed by atoms with E-state index in [1.807, 2.05) is 17.9 Å². The smallest absolute Gasteiger partial charge is 0.223 e. The number of nitrogens with one attached hydrogen (secondary N) is 1. The number of piperidine rings is 1. The Bertz CT molecular complexity index is 617. The number of benzene rings is 1. The molecule has 146 valence electrons. The Kier molecular flexibility index (Phi) is 9.02. The molecule has 1 aliphatic heterocycles. The molecule has 0 aromatic heterocycles. The Morgan fingerprint density at radius 2 is 2.00 bits per heavy atom. The zero-order valence-electron chi connectivity index (χ0n) is 15.5. The second kappa shape index (κ2) is 10.5. The van der Waals surface area contributed by atoms with Crippen molar-refractivity contribution < 1.29 is 14.0 Å². The second-order valence-electron chi connectivity index (χ2n) is 6.97. The second-order valence-corrected chi connectivity index (χ2v) is 6.97. The highest BCUT2D eigenvalue weighted by molar-refractivity contribution is 5.85. The van der Waals surface area contributed by atoms with Gasteiger partial charge in [0.1, 0.15) is 5.82 Å². The van der Waals surface area contributed by atoms with Crippen LogP contribution in [0.3, 0.4) is 0 Å². The summed E-state index contributed by atoms with van der Waals surface area (Å²) in [6.45, 7) is 5.14. The van der Waals surface area contributed by atoms with Crippen LogP contribution < -0.4 is 11.1 Å². The molecule has 3 N–H and O–H groups in total. The molecular formula is C19H29ClFN3O2. The monoisotopic (exact) mass is 385 g/mol. The van der Waals surface area contributed by atoms with Crippen LogP contribution in [-0.4, -0.2) is 35.8 Å². The fraction of sp³-hybridized carbons (Fsp3) is 0.579. The molecule has 1 fully saturated rings.